The number of carbonyl (C=O) groups is 2. The standard InChI is InChI=1S/C20H18N3O2S/c21-19(25)18-17(15-11-5-2-6-12-15)23-20(26-18)22-16(24)13-7-10-14-8-3-1-4-9-14/h1-6,8-9,11-13H,7,10H2,(H2,21,25)(H,22,23,24). The van der Waals surface area contributed by atoms with Crippen molar-refractivity contribution < 1.29 is 9.59 Å². The van der Waals surface area contributed by atoms with Gasteiger partial charge in [0.2, 0.25) is 5.91 Å². The summed E-state index contributed by atoms with van der Waals surface area (Å²) in [5, 5.41) is 3.08. The molecule has 0 fully saturated rings. The second kappa shape index (κ2) is 8.40. The van der Waals surface area contributed by atoms with Gasteiger partial charge in [-0.15, -0.1) is 0 Å². The second-order valence-electron chi connectivity index (χ2n) is 5.64. The Hall–Kier alpha value is -2.99. The van der Waals surface area contributed by atoms with Crippen molar-refractivity contribution in [2.75, 3.05) is 5.32 Å². The van der Waals surface area contributed by atoms with Crippen LogP contribution in [0, 0.1) is 6.42 Å². The van der Waals surface area contributed by atoms with E-state index in [-0.39, 0.29) is 5.91 Å². The monoisotopic (exact) mass is 364 g/mol. The van der Waals surface area contributed by atoms with E-state index in [0.717, 1.165) is 23.3 Å². The molecule has 0 bridgehead atoms. The average molecular weight is 364 g/mol. The number of aryl methyl sites for hydroxylation is 1. The van der Waals surface area contributed by atoms with Crippen molar-refractivity contribution in [2.45, 2.75) is 12.8 Å². The molecule has 1 aromatic heterocycles. The number of hydrogen-bond acceptors (Lipinski definition) is 4. The first-order chi connectivity index (χ1) is 12.6. The number of benzene rings is 2. The number of thiazole rings is 1. The third-order valence-electron chi connectivity index (χ3n) is 3.73. The zero-order valence-electron chi connectivity index (χ0n) is 14.0. The maximum atomic E-state index is 12.1. The van der Waals surface area contributed by atoms with E-state index in [4.69, 9.17) is 5.73 Å². The highest BCUT2D eigenvalue weighted by Gasteiger charge is 2.18. The molecule has 131 valence electrons. The summed E-state index contributed by atoms with van der Waals surface area (Å²) in [6.07, 6.45) is 2.99. The lowest BCUT2D eigenvalue weighted by atomic mass is 10.1. The van der Waals surface area contributed by atoms with Crippen molar-refractivity contribution in [3.63, 3.8) is 0 Å². The van der Waals surface area contributed by atoms with Crippen LogP contribution in [0.4, 0.5) is 5.13 Å². The molecular weight excluding hydrogens is 346 g/mol. The summed E-state index contributed by atoms with van der Waals surface area (Å²) in [7, 11) is 0. The van der Waals surface area contributed by atoms with Crippen LogP contribution < -0.4 is 11.1 Å². The van der Waals surface area contributed by atoms with Gasteiger partial charge in [0.05, 0.1) is 12.1 Å². The molecule has 0 atom stereocenters. The third kappa shape index (κ3) is 4.55. The van der Waals surface area contributed by atoms with E-state index in [2.05, 4.69) is 10.3 Å². The fourth-order valence-corrected chi connectivity index (χ4v) is 3.35. The minimum atomic E-state index is -0.560. The van der Waals surface area contributed by atoms with Crippen molar-refractivity contribution in [3.8, 4) is 11.3 Å². The molecule has 0 saturated carbocycles. The average Bonchev–Trinajstić information content (AvgIpc) is 3.07. The van der Waals surface area contributed by atoms with Gasteiger partial charge in [-0.25, -0.2) is 4.98 Å². The van der Waals surface area contributed by atoms with Crippen LogP contribution in [0.3, 0.4) is 0 Å². The molecule has 0 unspecified atom stereocenters. The van der Waals surface area contributed by atoms with Crippen LogP contribution >= 0.6 is 11.3 Å². The van der Waals surface area contributed by atoms with Gasteiger partial charge in [-0.2, -0.15) is 0 Å². The minimum Gasteiger partial charge on any atom is -0.365 e. The number of nitrogens with zero attached hydrogens (tertiary/aromatic N) is 1. The van der Waals surface area contributed by atoms with Crippen LogP contribution in [0.1, 0.15) is 21.7 Å². The molecule has 3 N–H and O–H groups in total. The molecule has 0 aliphatic carbocycles. The van der Waals surface area contributed by atoms with Crippen molar-refractivity contribution in [1.29, 1.82) is 0 Å². The van der Waals surface area contributed by atoms with Gasteiger partial charge in [0.15, 0.2) is 5.13 Å². The highest BCUT2D eigenvalue weighted by Crippen LogP contribution is 2.30. The Bertz CT molecular complexity index is 892. The van der Waals surface area contributed by atoms with Crippen LogP contribution in [-0.4, -0.2) is 16.8 Å². The number of carbonyl (C=O) groups excluding carboxylic acids is 2. The largest absolute Gasteiger partial charge is 0.365 e. The quantitative estimate of drug-likeness (QED) is 0.670. The van der Waals surface area contributed by atoms with Gasteiger partial charge in [-0.05, 0) is 18.4 Å². The van der Waals surface area contributed by atoms with E-state index in [1.165, 1.54) is 5.56 Å². The van der Waals surface area contributed by atoms with E-state index >= 15 is 0 Å². The first-order valence-electron chi connectivity index (χ1n) is 8.17. The van der Waals surface area contributed by atoms with Crippen molar-refractivity contribution >= 4 is 28.3 Å². The highest BCUT2D eigenvalue weighted by molar-refractivity contribution is 7.18. The number of rotatable bonds is 7. The number of aromatic nitrogens is 1. The summed E-state index contributed by atoms with van der Waals surface area (Å²) < 4.78 is 0. The zero-order valence-corrected chi connectivity index (χ0v) is 14.8. The third-order valence-corrected chi connectivity index (χ3v) is 4.72. The number of nitrogens with one attached hydrogen (secondary N) is 1. The molecule has 0 spiro atoms. The zero-order chi connectivity index (χ0) is 18.4. The number of primary amides is 1. The molecular formula is C20H18N3O2S. The van der Waals surface area contributed by atoms with Crippen molar-refractivity contribution in [2.24, 2.45) is 5.73 Å². The lowest BCUT2D eigenvalue weighted by Crippen LogP contribution is -2.12. The first-order valence-corrected chi connectivity index (χ1v) is 8.99. The maximum absolute atomic E-state index is 12.1. The van der Waals surface area contributed by atoms with Gasteiger partial charge in [0, 0.05) is 5.56 Å². The molecule has 5 nitrogen and oxygen atoms in total. The second-order valence-corrected chi connectivity index (χ2v) is 6.64. The fourth-order valence-electron chi connectivity index (χ4n) is 2.50. The summed E-state index contributed by atoms with van der Waals surface area (Å²) in [6, 6.07) is 19.2. The molecule has 2 amide bonds. The Labute approximate surface area is 155 Å². The molecule has 1 heterocycles. The molecule has 26 heavy (non-hydrogen) atoms. The Morgan fingerprint density at radius 3 is 2.35 bits per heavy atom. The van der Waals surface area contributed by atoms with Crippen LogP contribution in [-0.2, 0) is 11.2 Å². The number of amides is 2. The molecule has 1 radical (unpaired) electrons. The summed E-state index contributed by atoms with van der Waals surface area (Å²) in [5.74, 6) is -0.805. The van der Waals surface area contributed by atoms with Crippen LogP contribution in [0.25, 0.3) is 11.3 Å². The molecule has 3 rings (SSSR count). The van der Waals surface area contributed by atoms with Gasteiger partial charge in [0.25, 0.3) is 5.91 Å². The van der Waals surface area contributed by atoms with Crippen LogP contribution in [0.15, 0.2) is 60.7 Å². The van der Waals surface area contributed by atoms with Gasteiger partial charge in [0.1, 0.15) is 4.88 Å². The smallest absolute Gasteiger partial charge is 0.261 e. The van der Waals surface area contributed by atoms with E-state index < -0.39 is 5.91 Å². The normalized spacial score (nSPS) is 10.5. The van der Waals surface area contributed by atoms with Gasteiger partial charge >= 0.3 is 0 Å². The Kier molecular flexibility index (Phi) is 5.76. The number of anilines is 1. The predicted molar refractivity (Wildman–Crippen MR) is 104 cm³/mol. The lowest BCUT2D eigenvalue weighted by Gasteiger charge is -2.02. The van der Waals surface area contributed by atoms with Crippen LogP contribution in [0.5, 0.6) is 0 Å². The molecule has 3 aromatic rings. The maximum Gasteiger partial charge on any atom is 0.261 e. The summed E-state index contributed by atoms with van der Waals surface area (Å²) >= 11 is 1.08. The molecule has 6 heteroatoms. The van der Waals surface area contributed by atoms with Gasteiger partial charge < -0.3 is 11.1 Å². The van der Waals surface area contributed by atoms with E-state index in [1.807, 2.05) is 60.7 Å². The Morgan fingerprint density at radius 1 is 1.04 bits per heavy atom. The van der Waals surface area contributed by atoms with E-state index in [0.29, 0.717) is 22.1 Å². The molecule has 2 aromatic carbocycles. The Balaban J connectivity index is 1.64. The number of hydrogen-bond donors (Lipinski definition) is 2. The van der Waals surface area contributed by atoms with Crippen LogP contribution in [0.2, 0.25) is 0 Å². The lowest BCUT2D eigenvalue weighted by molar-refractivity contribution is -0.113. The Morgan fingerprint density at radius 2 is 1.69 bits per heavy atom. The SMILES string of the molecule is NC(=O)c1sc(NC(=O)[CH]CCc2ccccc2)nc1-c1ccccc1. The topological polar surface area (TPSA) is 85.1 Å². The van der Waals surface area contributed by atoms with Gasteiger partial charge in [-0.1, -0.05) is 72.0 Å². The molecule has 0 aliphatic rings. The fraction of sp³-hybridized carbons (Fsp3) is 0.100. The summed E-state index contributed by atoms with van der Waals surface area (Å²) in [4.78, 5) is 28.5. The minimum absolute atomic E-state index is 0.245. The van der Waals surface area contributed by atoms with E-state index in [1.54, 1.807) is 6.42 Å². The van der Waals surface area contributed by atoms with Crippen molar-refractivity contribution in [3.05, 3.63) is 77.5 Å². The molecule has 0 aliphatic heterocycles. The summed E-state index contributed by atoms with van der Waals surface area (Å²) in [5.41, 5.74) is 7.90. The van der Waals surface area contributed by atoms with Crippen molar-refractivity contribution in [1.82, 2.24) is 4.98 Å². The number of nitrogens with two attached hydrogens (primary N) is 1. The van der Waals surface area contributed by atoms with E-state index in [9.17, 15) is 9.59 Å². The predicted octanol–water partition coefficient (Wildman–Crippen LogP) is 3.68. The molecule has 0 saturated heterocycles. The first kappa shape index (κ1) is 17.8. The highest BCUT2D eigenvalue weighted by atomic mass is 32.1. The summed E-state index contributed by atoms with van der Waals surface area (Å²) in [6.45, 7) is 0. The van der Waals surface area contributed by atoms with Gasteiger partial charge in [-0.3, -0.25) is 9.59 Å².